The van der Waals surface area contributed by atoms with Gasteiger partial charge in [-0.25, -0.2) is 4.98 Å². The van der Waals surface area contributed by atoms with Crippen molar-refractivity contribution in [3.63, 3.8) is 0 Å². The fourth-order valence-corrected chi connectivity index (χ4v) is 4.59. The van der Waals surface area contributed by atoms with Gasteiger partial charge in [-0.15, -0.1) is 11.3 Å². The molecular formula is C24H20N4O2S. The predicted octanol–water partition coefficient (Wildman–Crippen LogP) is 4.85. The Morgan fingerprint density at radius 3 is 2.61 bits per heavy atom. The summed E-state index contributed by atoms with van der Waals surface area (Å²) < 4.78 is 11.7. The maximum Gasteiger partial charge on any atom is 0.232 e. The van der Waals surface area contributed by atoms with E-state index in [1.807, 2.05) is 30.3 Å². The van der Waals surface area contributed by atoms with E-state index in [-0.39, 0.29) is 0 Å². The smallest absolute Gasteiger partial charge is 0.232 e. The summed E-state index contributed by atoms with van der Waals surface area (Å²) in [5.74, 6) is 1.68. The maximum absolute atomic E-state index is 9.49. The first kappa shape index (κ1) is 19.6. The van der Waals surface area contributed by atoms with Gasteiger partial charge in [0.2, 0.25) is 5.88 Å². The van der Waals surface area contributed by atoms with E-state index in [0.29, 0.717) is 29.6 Å². The lowest BCUT2D eigenvalue weighted by Crippen LogP contribution is -2.36. The molecule has 0 aliphatic carbocycles. The van der Waals surface area contributed by atoms with Crippen molar-refractivity contribution in [2.45, 2.75) is 6.54 Å². The zero-order chi connectivity index (χ0) is 21.0. The first-order valence-electron chi connectivity index (χ1n) is 10.1. The number of hydrogen-bond acceptors (Lipinski definition) is 7. The van der Waals surface area contributed by atoms with Crippen molar-refractivity contribution >= 4 is 21.6 Å². The van der Waals surface area contributed by atoms with E-state index in [0.717, 1.165) is 47.6 Å². The van der Waals surface area contributed by atoms with Crippen LogP contribution in [0.1, 0.15) is 11.4 Å². The third-order valence-electron chi connectivity index (χ3n) is 5.21. The number of ether oxygens (including phenoxy) is 2. The highest BCUT2D eigenvalue weighted by atomic mass is 32.1. The molecule has 7 heteroatoms. The van der Waals surface area contributed by atoms with Crippen LogP contribution in [0.25, 0.3) is 21.3 Å². The highest BCUT2D eigenvalue weighted by molar-refractivity contribution is 7.17. The lowest BCUT2D eigenvalue weighted by molar-refractivity contribution is 0.0330. The van der Waals surface area contributed by atoms with Crippen LogP contribution < -0.4 is 4.74 Å². The molecular weight excluding hydrogens is 408 g/mol. The summed E-state index contributed by atoms with van der Waals surface area (Å²) in [6.07, 6.45) is 0. The van der Waals surface area contributed by atoms with Crippen LogP contribution >= 0.6 is 11.3 Å². The van der Waals surface area contributed by atoms with E-state index in [4.69, 9.17) is 19.4 Å². The average Bonchev–Trinajstić information content (AvgIpc) is 3.25. The lowest BCUT2D eigenvalue weighted by atomic mass is 10.1. The number of thiophene rings is 1. The Hall–Kier alpha value is -3.31. The summed E-state index contributed by atoms with van der Waals surface area (Å²) in [5, 5.41) is 12.5. The van der Waals surface area contributed by atoms with Gasteiger partial charge in [0.05, 0.1) is 30.7 Å². The molecule has 31 heavy (non-hydrogen) atoms. The van der Waals surface area contributed by atoms with Gasteiger partial charge in [-0.1, -0.05) is 42.5 Å². The van der Waals surface area contributed by atoms with E-state index in [2.05, 4.69) is 28.5 Å². The quantitative estimate of drug-likeness (QED) is 0.452. The molecule has 154 valence electrons. The van der Waals surface area contributed by atoms with Crippen LogP contribution in [0.5, 0.6) is 11.6 Å². The first-order chi connectivity index (χ1) is 15.3. The van der Waals surface area contributed by atoms with Crippen LogP contribution in [0.3, 0.4) is 0 Å². The lowest BCUT2D eigenvalue weighted by Gasteiger charge is -2.25. The third kappa shape index (κ3) is 4.14. The Labute approximate surface area is 184 Å². The van der Waals surface area contributed by atoms with Crippen molar-refractivity contribution in [1.82, 2.24) is 14.9 Å². The maximum atomic E-state index is 9.49. The van der Waals surface area contributed by atoms with E-state index in [1.165, 1.54) is 0 Å². The molecule has 3 heterocycles. The Balaban J connectivity index is 1.61. The molecule has 2 aromatic carbocycles. The van der Waals surface area contributed by atoms with Crippen LogP contribution in [0.4, 0.5) is 0 Å². The fourth-order valence-electron chi connectivity index (χ4n) is 3.64. The summed E-state index contributed by atoms with van der Waals surface area (Å²) in [7, 11) is 0. The van der Waals surface area contributed by atoms with Gasteiger partial charge >= 0.3 is 0 Å². The number of hydrogen-bond donors (Lipinski definition) is 0. The zero-order valence-electron chi connectivity index (χ0n) is 16.8. The number of nitriles is 1. The molecule has 6 nitrogen and oxygen atoms in total. The van der Waals surface area contributed by atoms with Crippen LogP contribution in [-0.4, -0.2) is 41.2 Å². The second-order valence-electron chi connectivity index (χ2n) is 7.24. The molecule has 2 aromatic heterocycles. The van der Waals surface area contributed by atoms with Gasteiger partial charge in [-0.05, 0) is 17.7 Å². The van der Waals surface area contributed by atoms with Crippen LogP contribution in [0, 0.1) is 11.3 Å². The summed E-state index contributed by atoms with van der Waals surface area (Å²) in [4.78, 5) is 12.8. The van der Waals surface area contributed by atoms with E-state index < -0.39 is 0 Å². The van der Waals surface area contributed by atoms with Gasteiger partial charge in [0.25, 0.3) is 0 Å². The van der Waals surface area contributed by atoms with Crippen molar-refractivity contribution < 1.29 is 9.47 Å². The molecule has 0 N–H and O–H groups in total. The summed E-state index contributed by atoms with van der Waals surface area (Å²) in [6.45, 7) is 3.79. The molecule has 1 saturated heterocycles. The van der Waals surface area contributed by atoms with Gasteiger partial charge in [-0.2, -0.15) is 10.2 Å². The molecule has 0 radical (unpaired) electrons. The SMILES string of the molecule is N#Cc1ccccc1Oc1nc(CN2CCOCC2)nc2scc(-c3ccccc3)c12. The summed E-state index contributed by atoms with van der Waals surface area (Å²) in [6, 6.07) is 19.6. The highest BCUT2D eigenvalue weighted by Crippen LogP contribution is 2.40. The number of para-hydroxylation sites is 1. The molecule has 0 saturated carbocycles. The standard InChI is InChI=1S/C24H20N4O2S/c25-14-18-8-4-5-9-20(18)30-23-22-19(17-6-2-1-3-7-17)16-31-24(22)27-21(26-23)15-28-10-12-29-13-11-28/h1-9,16H,10-13,15H2. The fraction of sp³-hybridized carbons (Fsp3) is 0.208. The zero-order valence-corrected chi connectivity index (χ0v) is 17.6. The Morgan fingerprint density at radius 1 is 1.03 bits per heavy atom. The summed E-state index contributed by atoms with van der Waals surface area (Å²) in [5.41, 5.74) is 2.58. The normalized spacial score (nSPS) is 14.4. The monoisotopic (exact) mass is 428 g/mol. The predicted molar refractivity (Wildman–Crippen MR) is 120 cm³/mol. The van der Waals surface area contributed by atoms with Gasteiger partial charge < -0.3 is 9.47 Å². The molecule has 1 aliphatic rings. The number of aromatic nitrogens is 2. The first-order valence-corrected chi connectivity index (χ1v) is 11.0. The Bertz CT molecular complexity index is 1240. The molecule has 1 aliphatic heterocycles. The average molecular weight is 429 g/mol. The minimum Gasteiger partial charge on any atom is -0.437 e. The van der Waals surface area contributed by atoms with Gasteiger partial charge in [0.15, 0.2) is 0 Å². The third-order valence-corrected chi connectivity index (χ3v) is 6.09. The van der Waals surface area contributed by atoms with Gasteiger partial charge in [0.1, 0.15) is 22.5 Å². The van der Waals surface area contributed by atoms with Crippen molar-refractivity contribution in [3.8, 4) is 28.8 Å². The minimum atomic E-state index is 0.473. The summed E-state index contributed by atoms with van der Waals surface area (Å²) >= 11 is 1.58. The number of morpholine rings is 1. The minimum absolute atomic E-state index is 0.473. The van der Waals surface area contributed by atoms with Crippen LogP contribution in [0.15, 0.2) is 60.0 Å². The molecule has 0 spiro atoms. The van der Waals surface area contributed by atoms with Crippen molar-refractivity contribution in [2.24, 2.45) is 0 Å². The molecule has 0 amide bonds. The second-order valence-corrected chi connectivity index (χ2v) is 8.10. The van der Waals surface area contributed by atoms with E-state index in [9.17, 15) is 5.26 Å². The van der Waals surface area contributed by atoms with E-state index in [1.54, 1.807) is 23.5 Å². The van der Waals surface area contributed by atoms with Crippen molar-refractivity contribution in [3.05, 3.63) is 71.4 Å². The number of benzene rings is 2. The van der Waals surface area contributed by atoms with Gasteiger partial charge in [0, 0.05) is 24.0 Å². The van der Waals surface area contributed by atoms with Crippen LogP contribution in [-0.2, 0) is 11.3 Å². The number of nitrogens with zero attached hydrogens (tertiary/aromatic N) is 4. The van der Waals surface area contributed by atoms with Gasteiger partial charge in [-0.3, -0.25) is 4.90 Å². The molecule has 0 atom stereocenters. The molecule has 0 bridgehead atoms. The molecule has 1 fully saturated rings. The molecule has 5 rings (SSSR count). The second kappa shape index (κ2) is 8.82. The topological polar surface area (TPSA) is 71.3 Å². The van der Waals surface area contributed by atoms with Crippen LogP contribution in [0.2, 0.25) is 0 Å². The largest absolute Gasteiger partial charge is 0.437 e. The number of rotatable bonds is 5. The van der Waals surface area contributed by atoms with E-state index >= 15 is 0 Å². The number of fused-ring (bicyclic) bond motifs is 1. The Kier molecular flexibility index (Phi) is 5.59. The molecule has 4 aromatic rings. The van der Waals surface area contributed by atoms with Crippen molar-refractivity contribution in [1.29, 1.82) is 5.26 Å². The highest BCUT2D eigenvalue weighted by Gasteiger charge is 2.20. The van der Waals surface area contributed by atoms with Crippen molar-refractivity contribution in [2.75, 3.05) is 26.3 Å². The Morgan fingerprint density at radius 2 is 1.81 bits per heavy atom. The molecule has 0 unspecified atom stereocenters.